The lowest BCUT2D eigenvalue weighted by Gasteiger charge is -2.41. The zero-order valence-corrected chi connectivity index (χ0v) is 11.3. The minimum Gasteiger partial charge on any atom is -0.330 e. The molecule has 0 saturated heterocycles. The molecule has 0 heterocycles. The van der Waals surface area contributed by atoms with Crippen LogP contribution < -0.4 is 5.73 Å². The van der Waals surface area contributed by atoms with E-state index in [1.165, 1.54) is 4.90 Å². The molecule has 1 aliphatic rings. The summed E-state index contributed by atoms with van der Waals surface area (Å²) in [6.07, 6.45) is 1.05. The summed E-state index contributed by atoms with van der Waals surface area (Å²) < 4.78 is 37.4. The second kappa shape index (κ2) is 6.75. The third-order valence-corrected chi connectivity index (χ3v) is 4.06. The maximum absolute atomic E-state index is 12.5. The summed E-state index contributed by atoms with van der Waals surface area (Å²) in [5.74, 6) is 0.781. The number of hydrogen-bond donors (Lipinski definition) is 1. The first-order valence-corrected chi connectivity index (χ1v) is 6.84. The molecule has 2 nitrogen and oxygen atoms in total. The predicted molar refractivity (Wildman–Crippen MR) is 67.3 cm³/mol. The van der Waals surface area contributed by atoms with Gasteiger partial charge in [0.15, 0.2) is 0 Å². The van der Waals surface area contributed by atoms with Crippen molar-refractivity contribution in [2.75, 3.05) is 20.1 Å². The first-order valence-electron chi connectivity index (χ1n) is 6.84. The molecule has 1 aliphatic carbocycles. The highest BCUT2D eigenvalue weighted by Gasteiger charge is 2.37. The van der Waals surface area contributed by atoms with Crippen molar-refractivity contribution in [2.24, 2.45) is 17.6 Å². The van der Waals surface area contributed by atoms with E-state index in [2.05, 4.69) is 6.92 Å². The molecule has 0 aromatic heterocycles. The lowest BCUT2D eigenvalue weighted by atomic mass is 9.76. The average Bonchev–Trinajstić information content (AvgIpc) is 2.27. The van der Waals surface area contributed by atoms with Gasteiger partial charge in [-0.1, -0.05) is 26.2 Å². The fraction of sp³-hybridized carbons (Fsp3) is 1.00. The van der Waals surface area contributed by atoms with Gasteiger partial charge in [-0.25, -0.2) is 0 Å². The second-order valence-electron chi connectivity index (χ2n) is 5.56. The molecule has 18 heavy (non-hydrogen) atoms. The van der Waals surface area contributed by atoms with Gasteiger partial charge in [-0.05, 0) is 38.3 Å². The van der Waals surface area contributed by atoms with Crippen LogP contribution in [0.4, 0.5) is 13.2 Å². The first-order chi connectivity index (χ1) is 8.37. The normalized spacial score (nSPS) is 29.8. The van der Waals surface area contributed by atoms with Crippen LogP contribution >= 0.6 is 0 Å². The minimum atomic E-state index is -4.12. The lowest BCUT2D eigenvalue weighted by molar-refractivity contribution is -0.151. The Labute approximate surface area is 108 Å². The summed E-state index contributed by atoms with van der Waals surface area (Å²) in [6.45, 7) is 1.79. The van der Waals surface area contributed by atoms with Gasteiger partial charge in [-0.2, -0.15) is 13.2 Å². The number of nitrogens with zero attached hydrogens (tertiary/aromatic N) is 1. The van der Waals surface area contributed by atoms with Gasteiger partial charge in [0.05, 0.1) is 6.54 Å². The van der Waals surface area contributed by atoms with Crippen molar-refractivity contribution < 1.29 is 13.2 Å². The van der Waals surface area contributed by atoms with Crippen molar-refractivity contribution in [1.29, 1.82) is 0 Å². The van der Waals surface area contributed by atoms with E-state index in [0.29, 0.717) is 12.5 Å². The van der Waals surface area contributed by atoms with Gasteiger partial charge in [0.1, 0.15) is 0 Å². The highest BCUT2D eigenvalue weighted by atomic mass is 19.4. The molecule has 0 amide bonds. The third-order valence-electron chi connectivity index (χ3n) is 4.06. The molecule has 3 atom stereocenters. The van der Waals surface area contributed by atoms with Crippen LogP contribution in [0.1, 0.15) is 39.0 Å². The van der Waals surface area contributed by atoms with Crippen LogP contribution in [0.3, 0.4) is 0 Å². The zero-order chi connectivity index (χ0) is 13.8. The van der Waals surface area contributed by atoms with Crippen LogP contribution in [0, 0.1) is 11.8 Å². The van der Waals surface area contributed by atoms with E-state index in [4.69, 9.17) is 5.73 Å². The van der Waals surface area contributed by atoms with Crippen molar-refractivity contribution >= 4 is 0 Å². The minimum absolute atomic E-state index is 0.0121. The molecule has 0 aliphatic heterocycles. The van der Waals surface area contributed by atoms with Crippen molar-refractivity contribution in [3.63, 3.8) is 0 Å². The zero-order valence-electron chi connectivity index (χ0n) is 11.3. The van der Waals surface area contributed by atoms with Gasteiger partial charge >= 0.3 is 6.18 Å². The summed E-state index contributed by atoms with van der Waals surface area (Å²) in [6, 6.07) is -0.0121. The molecule has 0 radical (unpaired) electrons. The SMILES string of the molecule is CCCC1CCC(CN)C(N(C)CC(F)(F)F)C1. The number of rotatable bonds is 5. The van der Waals surface area contributed by atoms with Gasteiger partial charge in [0, 0.05) is 6.04 Å². The van der Waals surface area contributed by atoms with Crippen molar-refractivity contribution in [2.45, 2.75) is 51.2 Å². The summed E-state index contributed by atoms with van der Waals surface area (Å²) >= 11 is 0. The van der Waals surface area contributed by atoms with Crippen LogP contribution in [-0.2, 0) is 0 Å². The van der Waals surface area contributed by atoms with Crippen molar-refractivity contribution in [3.8, 4) is 0 Å². The Bertz CT molecular complexity index is 243. The Morgan fingerprint density at radius 3 is 2.44 bits per heavy atom. The number of nitrogens with two attached hydrogens (primary N) is 1. The molecule has 3 unspecified atom stereocenters. The largest absolute Gasteiger partial charge is 0.401 e. The second-order valence-corrected chi connectivity index (χ2v) is 5.56. The van der Waals surface area contributed by atoms with Gasteiger partial charge in [-0.3, -0.25) is 4.90 Å². The van der Waals surface area contributed by atoms with Crippen molar-refractivity contribution in [3.05, 3.63) is 0 Å². The summed E-state index contributed by atoms with van der Waals surface area (Å²) in [5, 5.41) is 0. The maximum Gasteiger partial charge on any atom is 0.401 e. The van der Waals surface area contributed by atoms with Crippen LogP contribution in [0.15, 0.2) is 0 Å². The molecule has 0 aromatic rings. The predicted octanol–water partition coefficient (Wildman–Crippen LogP) is 3.02. The Balaban J connectivity index is 2.61. The van der Waals surface area contributed by atoms with Gasteiger partial charge < -0.3 is 5.73 Å². The third kappa shape index (κ3) is 4.76. The van der Waals surface area contributed by atoms with E-state index in [9.17, 15) is 13.2 Å². The molecule has 108 valence electrons. The highest BCUT2D eigenvalue weighted by Crippen LogP contribution is 2.34. The lowest BCUT2D eigenvalue weighted by Crippen LogP contribution is -2.48. The molecule has 0 aromatic carbocycles. The fourth-order valence-corrected chi connectivity index (χ4v) is 3.18. The molecule has 1 saturated carbocycles. The molecule has 1 rings (SSSR count). The molecule has 2 N–H and O–H groups in total. The highest BCUT2D eigenvalue weighted by molar-refractivity contribution is 4.87. The Morgan fingerprint density at radius 1 is 1.28 bits per heavy atom. The maximum atomic E-state index is 12.5. The van der Waals surface area contributed by atoms with Crippen LogP contribution in [0.2, 0.25) is 0 Å². The smallest absolute Gasteiger partial charge is 0.330 e. The molecule has 0 bridgehead atoms. The summed E-state index contributed by atoms with van der Waals surface area (Å²) in [7, 11) is 1.58. The molecular formula is C13H25F3N2. The van der Waals surface area contributed by atoms with E-state index in [0.717, 1.165) is 32.1 Å². The first kappa shape index (κ1) is 15.8. The van der Waals surface area contributed by atoms with E-state index in [-0.39, 0.29) is 12.0 Å². The Kier molecular flexibility index (Phi) is 5.92. The van der Waals surface area contributed by atoms with Gasteiger partial charge in [0.2, 0.25) is 0 Å². The van der Waals surface area contributed by atoms with E-state index in [1.54, 1.807) is 7.05 Å². The molecule has 1 fully saturated rings. The van der Waals surface area contributed by atoms with Crippen LogP contribution in [0.5, 0.6) is 0 Å². The molecule has 0 spiro atoms. The summed E-state index contributed by atoms with van der Waals surface area (Å²) in [4.78, 5) is 1.46. The van der Waals surface area contributed by atoms with Crippen molar-refractivity contribution in [1.82, 2.24) is 4.90 Å². The summed E-state index contributed by atoms with van der Waals surface area (Å²) in [5.41, 5.74) is 5.71. The molecular weight excluding hydrogens is 241 g/mol. The van der Waals surface area contributed by atoms with Crippen LogP contribution in [-0.4, -0.2) is 37.3 Å². The van der Waals surface area contributed by atoms with Crippen LogP contribution in [0.25, 0.3) is 0 Å². The Hall–Kier alpha value is -0.290. The number of halogens is 3. The monoisotopic (exact) mass is 266 g/mol. The van der Waals surface area contributed by atoms with Gasteiger partial charge in [0.25, 0.3) is 0 Å². The van der Waals surface area contributed by atoms with E-state index >= 15 is 0 Å². The van der Waals surface area contributed by atoms with Gasteiger partial charge in [-0.15, -0.1) is 0 Å². The average molecular weight is 266 g/mol. The molecule has 5 heteroatoms. The standard InChI is InChI=1S/C13H25F3N2/c1-3-4-10-5-6-11(8-17)12(7-10)18(2)9-13(14,15)16/h10-12H,3-9,17H2,1-2H3. The quantitative estimate of drug-likeness (QED) is 0.828. The van der Waals surface area contributed by atoms with E-state index < -0.39 is 12.7 Å². The number of alkyl halides is 3. The fourth-order valence-electron chi connectivity index (χ4n) is 3.18. The Morgan fingerprint density at radius 2 is 1.94 bits per heavy atom. The van der Waals surface area contributed by atoms with E-state index in [1.807, 2.05) is 0 Å². The topological polar surface area (TPSA) is 29.3 Å². The number of hydrogen-bond acceptors (Lipinski definition) is 2.